The smallest absolute Gasteiger partial charge is 0.275 e. The largest absolute Gasteiger partial charge is 0.488 e. The molecule has 0 radical (unpaired) electrons. The maximum absolute atomic E-state index is 12.8. The lowest BCUT2D eigenvalue weighted by Crippen LogP contribution is -2.18. The average molecular weight is 471 g/mol. The van der Waals surface area contributed by atoms with Crippen molar-refractivity contribution in [3.05, 3.63) is 130 Å². The van der Waals surface area contributed by atoms with E-state index < -0.39 is 0 Å². The topological polar surface area (TPSA) is 59.9 Å². The van der Waals surface area contributed by atoms with E-state index in [9.17, 15) is 4.79 Å². The molecule has 0 aromatic heterocycles. The van der Waals surface area contributed by atoms with E-state index in [0.29, 0.717) is 35.3 Å². The van der Waals surface area contributed by atoms with Gasteiger partial charge in [0.25, 0.3) is 5.91 Å². The third-order valence-electron chi connectivity index (χ3n) is 4.97. The zero-order valence-electron chi connectivity index (χ0n) is 18.4. The molecule has 0 fully saturated rings. The average Bonchev–Trinajstić information content (AvgIpc) is 2.88. The summed E-state index contributed by atoms with van der Waals surface area (Å²) >= 11 is 5.93. The van der Waals surface area contributed by atoms with Gasteiger partial charge in [-0.3, -0.25) is 4.79 Å². The van der Waals surface area contributed by atoms with Gasteiger partial charge in [0.05, 0.1) is 11.8 Å². The highest BCUT2D eigenvalue weighted by molar-refractivity contribution is 6.30. The number of carbonyl (C=O) groups is 1. The first-order valence-electron chi connectivity index (χ1n) is 10.7. The minimum absolute atomic E-state index is 0.316. The van der Waals surface area contributed by atoms with Crippen LogP contribution in [-0.2, 0) is 13.2 Å². The Bertz CT molecular complexity index is 1260. The molecule has 0 aliphatic rings. The molecule has 0 spiro atoms. The molecule has 4 aromatic carbocycles. The van der Waals surface area contributed by atoms with Crippen molar-refractivity contribution in [2.45, 2.75) is 13.2 Å². The number of nitrogens with zero attached hydrogens (tertiary/aromatic N) is 1. The van der Waals surface area contributed by atoms with E-state index in [1.54, 1.807) is 36.5 Å². The predicted octanol–water partition coefficient (Wildman–Crippen LogP) is 6.26. The van der Waals surface area contributed by atoms with Crippen LogP contribution < -0.4 is 14.9 Å². The fraction of sp³-hybridized carbons (Fsp3) is 0.0714. The number of hydrazone groups is 1. The van der Waals surface area contributed by atoms with E-state index in [1.165, 1.54) is 0 Å². The van der Waals surface area contributed by atoms with E-state index >= 15 is 0 Å². The number of hydrogen-bond donors (Lipinski definition) is 1. The van der Waals surface area contributed by atoms with Crippen LogP contribution in [0.3, 0.4) is 0 Å². The van der Waals surface area contributed by atoms with Crippen molar-refractivity contribution in [1.29, 1.82) is 0 Å². The Morgan fingerprint density at radius 3 is 2.09 bits per heavy atom. The number of rotatable bonds is 9. The molecule has 170 valence electrons. The van der Waals surface area contributed by atoms with Gasteiger partial charge in [0, 0.05) is 10.6 Å². The fourth-order valence-electron chi connectivity index (χ4n) is 3.20. The van der Waals surface area contributed by atoms with Crippen LogP contribution in [0.25, 0.3) is 0 Å². The van der Waals surface area contributed by atoms with Crippen molar-refractivity contribution >= 4 is 23.7 Å². The van der Waals surface area contributed by atoms with Crippen LogP contribution in [0.1, 0.15) is 27.0 Å². The zero-order valence-corrected chi connectivity index (χ0v) is 19.1. The van der Waals surface area contributed by atoms with Crippen LogP contribution in [-0.4, -0.2) is 12.1 Å². The summed E-state index contributed by atoms with van der Waals surface area (Å²) in [6.07, 6.45) is 1.56. The van der Waals surface area contributed by atoms with Crippen molar-refractivity contribution in [3.63, 3.8) is 0 Å². The minimum atomic E-state index is -0.370. The van der Waals surface area contributed by atoms with E-state index in [-0.39, 0.29) is 5.91 Å². The summed E-state index contributed by atoms with van der Waals surface area (Å²) in [5, 5.41) is 4.79. The van der Waals surface area contributed by atoms with Gasteiger partial charge in [-0.2, -0.15) is 5.10 Å². The van der Waals surface area contributed by atoms with Crippen molar-refractivity contribution < 1.29 is 14.3 Å². The molecular formula is C28H23ClN2O3. The van der Waals surface area contributed by atoms with Crippen molar-refractivity contribution in [3.8, 4) is 11.5 Å². The summed E-state index contributed by atoms with van der Waals surface area (Å²) < 4.78 is 11.8. The van der Waals surface area contributed by atoms with Gasteiger partial charge in [0.15, 0.2) is 0 Å². The molecule has 0 aliphatic carbocycles. The summed E-state index contributed by atoms with van der Waals surface area (Å²) in [7, 11) is 0. The van der Waals surface area contributed by atoms with Gasteiger partial charge in [-0.25, -0.2) is 5.43 Å². The highest BCUT2D eigenvalue weighted by Gasteiger charge is 2.12. The number of ether oxygens (including phenoxy) is 2. The first-order valence-corrected chi connectivity index (χ1v) is 11.1. The maximum atomic E-state index is 12.8. The number of para-hydroxylation sites is 2. The quantitative estimate of drug-likeness (QED) is 0.232. The standard InChI is InChI=1S/C28H23ClN2O3/c29-24-16-14-22(15-17-24)20-34-27-13-7-5-11-25(27)28(32)31-30-18-23-10-4-6-12-26(23)33-19-21-8-2-1-3-9-21/h1-18H,19-20H2,(H,31,32)/b30-18-. The van der Waals surface area contributed by atoms with Gasteiger partial charge < -0.3 is 9.47 Å². The number of nitrogens with one attached hydrogen (secondary N) is 1. The molecule has 0 heterocycles. The van der Waals surface area contributed by atoms with Gasteiger partial charge in [0.2, 0.25) is 0 Å². The number of benzene rings is 4. The number of hydrogen-bond acceptors (Lipinski definition) is 4. The van der Waals surface area contributed by atoms with Crippen LogP contribution in [0, 0.1) is 0 Å². The lowest BCUT2D eigenvalue weighted by atomic mass is 10.2. The molecule has 4 rings (SSSR count). The van der Waals surface area contributed by atoms with Crippen LogP contribution in [0.2, 0.25) is 5.02 Å². The van der Waals surface area contributed by atoms with E-state index in [1.807, 2.05) is 72.8 Å². The molecule has 1 N–H and O–H groups in total. The van der Waals surface area contributed by atoms with E-state index in [2.05, 4.69) is 10.5 Å². The van der Waals surface area contributed by atoms with Gasteiger partial charge in [0.1, 0.15) is 24.7 Å². The molecule has 34 heavy (non-hydrogen) atoms. The lowest BCUT2D eigenvalue weighted by Gasteiger charge is -2.11. The Balaban J connectivity index is 1.38. The second-order valence-corrected chi connectivity index (χ2v) is 7.86. The highest BCUT2D eigenvalue weighted by atomic mass is 35.5. The van der Waals surface area contributed by atoms with Crippen molar-refractivity contribution in [1.82, 2.24) is 5.43 Å². The van der Waals surface area contributed by atoms with Crippen LogP contribution in [0.15, 0.2) is 108 Å². The van der Waals surface area contributed by atoms with Crippen LogP contribution in [0.5, 0.6) is 11.5 Å². The summed E-state index contributed by atoms with van der Waals surface area (Å²) in [5.41, 5.74) is 5.73. The van der Waals surface area contributed by atoms with Crippen LogP contribution in [0.4, 0.5) is 0 Å². The fourth-order valence-corrected chi connectivity index (χ4v) is 3.32. The zero-order chi connectivity index (χ0) is 23.6. The third kappa shape index (κ3) is 6.47. The summed E-state index contributed by atoms with van der Waals surface area (Å²) in [4.78, 5) is 12.8. The van der Waals surface area contributed by atoms with Crippen LogP contribution >= 0.6 is 11.6 Å². The Labute approximate surface area is 203 Å². The molecule has 0 saturated carbocycles. The van der Waals surface area contributed by atoms with Gasteiger partial charge >= 0.3 is 0 Å². The summed E-state index contributed by atoms with van der Waals surface area (Å²) in [5.74, 6) is 0.776. The number of carbonyl (C=O) groups excluding carboxylic acids is 1. The Morgan fingerprint density at radius 1 is 0.735 bits per heavy atom. The highest BCUT2D eigenvalue weighted by Crippen LogP contribution is 2.21. The third-order valence-corrected chi connectivity index (χ3v) is 5.22. The Hall–Kier alpha value is -4.09. The van der Waals surface area contributed by atoms with Crippen molar-refractivity contribution in [2.75, 3.05) is 0 Å². The molecule has 0 unspecified atom stereocenters. The first-order chi connectivity index (χ1) is 16.7. The monoisotopic (exact) mass is 470 g/mol. The molecule has 0 atom stereocenters. The maximum Gasteiger partial charge on any atom is 0.275 e. The summed E-state index contributed by atoms with van der Waals surface area (Å²) in [6.45, 7) is 0.757. The van der Waals surface area contributed by atoms with Gasteiger partial charge in [-0.05, 0) is 47.5 Å². The van der Waals surface area contributed by atoms with Gasteiger partial charge in [-0.15, -0.1) is 0 Å². The molecule has 5 nitrogen and oxygen atoms in total. The molecule has 0 aliphatic heterocycles. The summed E-state index contributed by atoms with van der Waals surface area (Å²) in [6, 6.07) is 31.8. The second-order valence-electron chi connectivity index (χ2n) is 7.42. The first kappa shape index (κ1) is 23.1. The minimum Gasteiger partial charge on any atom is -0.488 e. The molecule has 6 heteroatoms. The van der Waals surface area contributed by atoms with Crippen molar-refractivity contribution in [2.24, 2.45) is 5.10 Å². The Morgan fingerprint density at radius 2 is 1.32 bits per heavy atom. The second kappa shape index (κ2) is 11.7. The van der Waals surface area contributed by atoms with E-state index in [0.717, 1.165) is 16.7 Å². The SMILES string of the molecule is O=C(N/N=C\c1ccccc1OCc1ccccc1)c1ccccc1OCc1ccc(Cl)cc1. The normalized spacial score (nSPS) is 10.7. The molecule has 4 aromatic rings. The number of halogens is 1. The predicted molar refractivity (Wildman–Crippen MR) is 135 cm³/mol. The number of amides is 1. The van der Waals surface area contributed by atoms with E-state index in [4.69, 9.17) is 21.1 Å². The molecule has 0 saturated heterocycles. The molecular weight excluding hydrogens is 448 g/mol. The lowest BCUT2D eigenvalue weighted by molar-refractivity contribution is 0.0950. The van der Waals surface area contributed by atoms with Gasteiger partial charge in [-0.1, -0.05) is 78.3 Å². The molecule has 0 bridgehead atoms. The molecule has 1 amide bonds. The Kier molecular flexibility index (Phi) is 7.93.